The number of benzene rings is 2. The van der Waals surface area contributed by atoms with Gasteiger partial charge in [0.05, 0.1) is 5.69 Å². The molecule has 0 aliphatic heterocycles. The van der Waals surface area contributed by atoms with Gasteiger partial charge in [0.25, 0.3) is 0 Å². The van der Waals surface area contributed by atoms with E-state index in [4.69, 9.17) is 23.2 Å². The fraction of sp³-hybridized carbons (Fsp3) is 0.167. The van der Waals surface area contributed by atoms with E-state index in [9.17, 15) is 4.79 Å². The molecule has 0 saturated carbocycles. The molecule has 0 aromatic heterocycles. The molecule has 0 amide bonds. The summed E-state index contributed by atoms with van der Waals surface area (Å²) in [5.41, 5.74) is 3.57. The standard InChI is InChI=1S/C18H17Cl2NO/c1-3-21(12-15-6-4-14(11-19)5-7-15)18-9-8-16(20)10-17(18)13(2)22/h3-10H,1,11-12H2,2H3. The van der Waals surface area contributed by atoms with Gasteiger partial charge in [-0.2, -0.15) is 0 Å². The Morgan fingerprint density at radius 3 is 2.36 bits per heavy atom. The zero-order chi connectivity index (χ0) is 16.1. The molecule has 0 unspecified atom stereocenters. The first kappa shape index (κ1) is 16.6. The van der Waals surface area contributed by atoms with Crippen molar-refractivity contribution in [2.45, 2.75) is 19.3 Å². The summed E-state index contributed by atoms with van der Waals surface area (Å²) in [6.45, 7) is 6.00. The fourth-order valence-electron chi connectivity index (χ4n) is 2.22. The molecule has 22 heavy (non-hydrogen) atoms. The Morgan fingerprint density at radius 2 is 1.82 bits per heavy atom. The molecule has 2 aromatic carbocycles. The molecular formula is C18H17Cl2NO. The summed E-state index contributed by atoms with van der Waals surface area (Å²) in [5, 5.41) is 0.546. The summed E-state index contributed by atoms with van der Waals surface area (Å²) in [6.07, 6.45) is 1.71. The number of rotatable bonds is 6. The second kappa shape index (κ2) is 7.48. The lowest BCUT2D eigenvalue weighted by Crippen LogP contribution is -2.17. The number of ketones is 1. The molecule has 114 valence electrons. The maximum absolute atomic E-state index is 11.8. The van der Waals surface area contributed by atoms with Gasteiger partial charge >= 0.3 is 0 Å². The highest BCUT2D eigenvalue weighted by atomic mass is 35.5. The van der Waals surface area contributed by atoms with Gasteiger partial charge < -0.3 is 4.90 Å². The molecule has 0 aliphatic carbocycles. The summed E-state index contributed by atoms with van der Waals surface area (Å²) < 4.78 is 0. The van der Waals surface area contributed by atoms with Crippen LogP contribution in [0.5, 0.6) is 0 Å². The van der Waals surface area contributed by atoms with E-state index < -0.39 is 0 Å². The molecule has 0 aliphatic rings. The largest absolute Gasteiger partial charge is 0.344 e. The van der Waals surface area contributed by atoms with Crippen molar-refractivity contribution in [1.29, 1.82) is 0 Å². The highest BCUT2D eigenvalue weighted by Gasteiger charge is 2.13. The lowest BCUT2D eigenvalue weighted by molar-refractivity contribution is 0.101. The van der Waals surface area contributed by atoms with Crippen LogP contribution in [-0.2, 0) is 12.4 Å². The van der Waals surface area contributed by atoms with Crippen LogP contribution in [0.15, 0.2) is 55.2 Å². The number of Topliss-reactive ketones (excluding diaryl/α,β-unsaturated/α-hetero) is 1. The zero-order valence-electron chi connectivity index (χ0n) is 12.4. The van der Waals surface area contributed by atoms with E-state index in [2.05, 4.69) is 6.58 Å². The molecule has 0 radical (unpaired) electrons. The second-order valence-corrected chi connectivity index (χ2v) is 5.68. The van der Waals surface area contributed by atoms with Gasteiger partial charge in [0.2, 0.25) is 0 Å². The van der Waals surface area contributed by atoms with Gasteiger partial charge in [-0.05, 0) is 42.4 Å². The summed E-state index contributed by atoms with van der Waals surface area (Å²) in [7, 11) is 0. The highest BCUT2D eigenvalue weighted by molar-refractivity contribution is 6.31. The van der Waals surface area contributed by atoms with E-state index >= 15 is 0 Å². The molecule has 2 rings (SSSR count). The monoisotopic (exact) mass is 333 g/mol. The molecule has 0 N–H and O–H groups in total. The predicted molar refractivity (Wildman–Crippen MR) is 93.8 cm³/mol. The average molecular weight is 334 g/mol. The molecule has 0 heterocycles. The van der Waals surface area contributed by atoms with Crippen LogP contribution in [0.25, 0.3) is 0 Å². The third-order valence-electron chi connectivity index (χ3n) is 3.40. The first-order valence-electron chi connectivity index (χ1n) is 6.88. The normalized spacial score (nSPS) is 10.3. The number of carbonyl (C=O) groups is 1. The third kappa shape index (κ3) is 3.90. The van der Waals surface area contributed by atoms with Crippen molar-refractivity contribution in [3.05, 3.63) is 77.0 Å². The Labute approximate surface area is 141 Å². The van der Waals surface area contributed by atoms with Crippen molar-refractivity contribution in [1.82, 2.24) is 0 Å². The van der Waals surface area contributed by atoms with E-state index in [0.29, 0.717) is 23.0 Å². The lowest BCUT2D eigenvalue weighted by Gasteiger charge is -2.23. The predicted octanol–water partition coefficient (Wildman–Crippen LogP) is 5.43. The zero-order valence-corrected chi connectivity index (χ0v) is 13.9. The maximum Gasteiger partial charge on any atom is 0.161 e. The topological polar surface area (TPSA) is 20.3 Å². The van der Waals surface area contributed by atoms with Gasteiger partial charge in [0.1, 0.15) is 0 Å². The molecule has 2 nitrogen and oxygen atoms in total. The van der Waals surface area contributed by atoms with E-state index in [-0.39, 0.29) is 5.78 Å². The Bertz CT molecular complexity index is 680. The number of carbonyl (C=O) groups excluding carboxylic acids is 1. The van der Waals surface area contributed by atoms with Crippen LogP contribution in [0.2, 0.25) is 5.02 Å². The number of nitrogens with zero attached hydrogens (tertiary/aromatic N) is 1. The van der Waals surface area contributed by atoms with Gasteiger partial charge in [0, 0.05) is 23.0 Å². The van der Waals surface area contributed by atoms with Crippen LogP contribution in [-0.4, -0.2) is 5.78 Å². The molecule has 0 spiro atoms. The molecule has 4 heteroatoms. The highest BCUT2D eigenvalue weighted by Crippen LogP contribution is 2.26. The number of halogens is 2. The molecule has 0 bridgehead atoms. The SMILES string of the molecule is C=CN(Cc1ccc(CCl)cc1)c1ccc(Cl)cc1C(C)=O. The van der Waals surface area contributed by atoms with E-state index in [0.717, 1.165) is 16.8 Å². The number of anilines is 1. The summed E-state index contributed by atoms with van der Waals surface area (Å²) in [6, 6.07) is 13.3. The Hall–Kier alpha value is -1.77. The molecular weight excluding hydrogens is 317 g/mol. The fourth-order valence-corrected chi connectivity index (χ4v) is 2.57. The van der Waals surface area contributed by atoms with Gasteiger partial charge in [-0.25, -0.2) is 0 Å². The smallest absolute Gasteiger partial charge is 0.161 e. The summed E-state index contributed by atoms with van der Waals surface area (Å²) in [4.78, 5) is 13.8. The number of alkyl halides is 1. The first-order valence-corrected chi connectivity index (χ1v) is 7.80. The van der Waals surface area contributed by atoms with E-state index in [1.165, 1.54) is 6.92 Å². The summed E-state index contributed by atoms with van der Waals surface area (Å²) >= 11 is 11.8. The van der Waals surface area contributed by atoms with Crippen molar-refractivity contribution in [3.8, 4) is 0 Å². The van der Waals surface area contributed by atoms with Gasteiger partial charge in [-0.1, -0.05) is 42.4 Å². The van der Waals surface area contributed by atoms with Crippen molar-refractivity contribution < 1.29 is 4.79 Å². The van der Waals surface area contributed by atoms with Gasteiger partial charge in [0.15, 0.2) is 5.78 Å². The molecule has 0 saturated heterocycles. The van der Waals surface area contributed by atoms with Crippen LogP contribution in [0.4, 0.5) is 5.69 Å². The maximum atomic E-state index is 11.8. The van der Waals surface area contributed by atoms with Gasteiger partial charge in [-0.15, -0.1) is 11.6 Å². The molecule has 0 atom stereocenters. The number of hydrogen-bond donors (Lipinski definition) is 0. The van der Waals surface area contributed by atoms with E-state index in [1.807, 2.05) is 35.2 Å². The molecule has 2 aromatic rings. The molecule has 0 fully saturated rings. The van der Waals surface area contributed by atoms with Crippen LogP contribution >= 0.6 is 23.2 Å². The summed E-state index contributed by atoms with van der Waals surface area (Å²) in [5.74, 6) is 0.471. The van der Waals surface area contributed by atoms with Gasteiger partial charge in [-0.3, -0.25) is 4.79 Å². The third-order valence-corrected chi connectivity index (χ3v) is 3.94. The van der Waals surface area contributed by atoms with Crippen molar-refractivity contribution in [2.75, 3.05) is 4.90 Å². The van der Waals surface area contributed by atoms with Crippen molar-refractivity contribution in [3.63, 3.8) is 0 Å². The Morgan fingerprint density at radius 1 is 1.18 bits per heavy atom. The minimum absolute atomic E-state index is 0.0261. The lowest BCUT2D eigenvalue weighted by atomic mass is 10.1. The quantitative estimate of drug-likeness (QED) is 0.518. The minimum Gasteiger partial charge on any atom is -0.344 e. The first-order chi connectivity index (χ1) is 10.5. The number of hydrogen-bond acceptors (Lipinski definition) is 2. The van der Waals surface area contributed by atoms with Crippen molar-refractivity contribution >= 4 is 34.7 Å². The van der Waals surface area contributed by atoms with Crippen molar-refractivity contribution in [2.24, 2.45) is 0 Å². The minimum atomic E-state index is -0.0261. The average Bonchev–Trinajstić information content (AvgIpc) is 2.53. The Kier molecular flexibility index (Phi) is 5.64. The van der Waals surface area contributed by atoms with Crippen LogP contribution < -0.4 is 4.90 Å². The van der Waals surface area contributed by atoms with Crippen LogP contribution in [0.3, 0.4) is 0 Å². The van der Waals surface area contributed by atoms with E-state index in [1.54, 1.807) is 18.3 Å². The second-order valence-electron chi connectivity index (χ2n) is 4.98. The van der Waals surface area contributed by atoms with Crippen LogP contribution in [0.1, 0.15) is 28.4 Å². The van der Waals surface area contributed by atoms with Crippen LogP contribution in [0, 0.1) is 0 Å². The Balaban J connectivity index is 2.31.